The summed E-state index contributed by atoms with van der Waals surface area (Å²) >= 11 is 0. The van der Waals surface area contributed by atoms with E-state index in [0.717, 1.165) is 0 Å². The van der Waals surface area contributed by atoms with E-state index in [1.807, 2.05) is 6.92 Å². The lowest BCUT2D eigenvalue weighted by Gasteiger charge is -2.04. The van der Waals surface area contributed by atoms with Gasteiger partial charge in [0.2, 0.25) is 0 Å². The Morgan fingerprint density at radius 1 is 1.17 bits per heavy atom. The minimum absolute atomic E-state index is 0.102. The van der Waals surface area contributed by atoms with E-state index in [0.29, 0.717) is 5.92 Å². The van der Waals surface area contributed by atoms with Crippen LogP contribution in [-0.4, -0.2) is 6.04 Å². The average molecular weight is 86.2 g/mol. The standard InChI is InChI=1S/C5H12N/c1-4(2)5(3)6/h4-6H,1-3H3/t5-/m0/s1. The Balaban J connectivity index is 2.99. The molecule has 0 aliphatic heterocycles. The highest BCUT2D eigenvalue weighted by atomic mass is 14.6. The maximum absolute atomic E-state index is 7.03. The highest BCUT2D eigenvalue weighted by Crippen LogP contribution is 1.95. The summed E-state index contributed by atoms with van der Waals surface area (Å²) in [6.45, 7) is 6.01. The van der Waals surface area contributed by atoms with Gasteiger partial charge in [0.15, 0.2) is 0 Å². The van der Waals surface area contributed by atoms with Crippen LogP contribution in [0, 0.1) is 5.92 Å². The molecular weight excluding hydrogens is 74.1 g/mol. The van der Waals surface area contributed by atoms with Crippen molar-refractivity contribution < 1.29 is 0 Å². The second kappa shape index (κ2) is 2.19. The Kier molecular flexibility index (Phi) is 2.18. The third kappa shape index (κ3) is 2.21. The first kappa shape index (κ1) is 5.96. The summed E-state index contributed by atoms with van der Waals surface area (Å²) in [5.74, 6) is 0.519. The summed E-state index contributed by atoms with van der Waals surface area (Å²) in [5, 5.41) is 0. The minimum Gasteiger partial charge on any atom is -0.255 e. The Labute approximate surface area is 39.5 Å². The van der Waals surface area contributed by atoms with Gasteiger partial charge in [-0.1, -0.05) is 13.8 Å². The number of rotatable bonds is 1. The molecule has 0 fully saturated rings. The van der Waals surface area contributed by atoms with Crippen LogP contribution in [0.5, 0.6) is 0 Å². The first-order chi connectivity index (χ1) is 2.64. The molecule has 0 unspecified atom stereocenters. The molecule has 6 heavy (non-hydrogen) atoms. The molecule has 1 radical (unpaired) electrons. The Morgan fingerprint density at radius 2 is 1.33 bits per heavy atom. The maximum Gasteiger partial charge on any atom is 0.0207 e. The second-order valence-corrected chi connectivity index (χ2v) is 2.03. The Bertz CT molecular complexity index is 24.9. The van der Waals surface area contributed by atoms with E-state index in [4.69, 9.17) is 5.73 Å². The third-order valence-electron chi connectivity index (χ3n) is 1.00. The molecule has 1 nitrogen and oxygen atoms in total. The zero-order valence-corrected chi connectivity index (χ0v) is 4.65. The lowest BCUT2D eigenvalue weighted by atomic mass is 10.1. The third-order valence-corrected chi connectivity index (χ3v) is 1.00. The Morgan fingerprint density at radius 3 is 1.33 bits per heavy atom. The summed E-state index contributed by atoms with van der Waals surface area (Å²) in [6, 6.07) is 0.102. The fourth-order valence-electron chi connectivity index (χ4n) is 0. The van der Waals surface area contributed by atoms with E-state index in [-0.39, 0.29) is 6.04 Å². The van der Waals surface area contributed by atoms with E-state index < -0.39 is 0 Å². The van der Waals surface area contributed by atoms with Crippen molar-refractivity contribution in [3.05, 3.63) is 0 Å². The zero-order valence-electron chi connectivity index (χ0n) is 4.65. The maximum atomic E-state index is 7.03. The first-order valence-corrected chi connectivity index (χ1v) is 2.35. The number of hydrogen-bond acceptors (Lipinski definition) is 0. The van der Waals surface area contributed by atoms with Gasteiger partial charge in [0.05, 0.1) is 0 Å². The van der Waals surface area contributed by atoms with Gasteiger partial charge < -0.3 is 0 Å². The molecular formula is C5H12N. The molecule has 1 heteroatoms. The van der Waals surface area contributed by atoms with E-state index in [9.17, 15) is 0 Å². The quantitative estimate of drug-likeness (QED) is 0.459. The summed E-state index contributed by atoms with van der Waals surface area (Å²) in [4.78, 5) is 0. The average Bonchev–Trinajstić information content (AvgIpc) is 1.36. The second-order valence-electron chi connectivity index (χ2n) is 2.03. The van der Waals surface area contributed by atoms with Crippen LogP contribution in [0.2, 0.25) is 0 Å². The molecule has 0 aliphatic rings. The predicted molar refractivity (Wildman–Crippen MR) is 27.4 cm³/mol. The van der Waals surface area contributed by atoms with Gasteiger partial charge in [-0.05, 0) is 12.8 Å². The highest BCUT2D eigenvalue weighted by Gasteiger charge is 1.97. The van der Waals surface area contributed by atoms with Crippen molar-refractivity contribution in [3.63, 3.8) is 0 Å². The van der Waals surface area contributed by atoms with Crippen molar-refractivity contribution in [2.45, 2.75) is 26.8 Å². The van der Waals surface area contributed by atoms with Gasteiger partial charge in [0.25, 0.3) is 0 Å². The normalized spacial score (nSPS) is 15.5. The molecule has 0 aromatic heterocycles. The predicted octanol–water partition coefficient (Wildman–Crippen LogP) is 1.31. The summed E-state index contributed by atoms with van der Waals surface area (Å²) < 4.78 is 0. The molecule has 1 atom stereocenters. The summed E-state index contributed by atoms with van der Waals surface area (Å²) in [6.07, 6.45) is 0. The zero-order chi connectivity index (χ0) is 5.15. The largest absolute Gasteiger partial charge is 0.255 e. The molecule has 0 aromatic carbocycles. The lowest BCUT2D eigenvalue weighted by Crippen LogP contribution is -2.10. The number of hydrogen-bond donors (Lipinski definition) is 0. The van der Waals surface area contributed by atoms with Gasteiger partial charge in [0, 0.05) is 6.04 Å². The fourth-order valence-corrected chi connectivity index (χ4v) is 0. The van der Waals surface area contributed by atoms with E-state index >= 15 is 0 Å². The molecule has 0 bridgehead atoms. The van der Waals surface area contributed by atoms with Crippen LogP contribution in [0.25, 0.3) is 0 Å². The highest BCUT2D eigenvalue weighted by molar-refractivity contribution is 4.54. The molecule has 0 heterocycles. The van der Waals surface area contributed by atoms with Gasteiger partial charge >= 0.3 is 0 Å². The topological polar surface area (TPSA) is 23.8 Å². The Hall–Kier alpha value is -0.0400. The summed E-state index contributed by atoms with van der Waals surface area (Å²) in [5.41, 5.74) is 7.03. The van der Waals surface area contributed by atoms with Crippen LogP contribution in [0.3, 0.4) is 0 Å². The fraction of sp³-hybridized carbons (Fsp3) is 1.00. The van der Waals surface area contributed by atoms with E-state index in [1.165, 1.54) is 0 Å². The van der Waals surface area contributed by atoms with Crippen molar-refractivity contribution in [3.8, 4) is 0 Å². The molecule has 0 saturated carbocycles. The summed E-state index contributed by atoms with van der Waals surface area (Å²) in [7, 11) is 0. The smallest absolute Gasteiger partial charge is 0.0207 e. The SMILES string of the molecule is CC(C)[C@H](C)[NH]. The molecule has 0 amide bonds. The van der Waals surface area contributed by atoms with Gasteiger partial charge in [-0.15, -0.1) is 0 Å². The van der Waals surface area contributed by atoms with Crippen LogP contribution in [0.4, 0.5) is 0 Å². The first-order valence-electron chi connectivity index (χ1n) is 2.35. The van der Waals surface area contributed by atoms with Crippen LogP contribution < -0.4 is 5.73 Å². The van der Waals surface area contributed by atoms with Crippen molar-refractivity contribution >= 4 is 0 Å². The van der Waals surface area contributed by atoms with Crippen LogP contribution in [0.15, 0.2) is 0 Å². The van der Waals surface area contributed by atoms with E-state index in [1.54, 1.807) is 0 Å². The molecule has 0 saturated heterocycles. The van der Waals surface area contributed by atoms with Gasteiger partial charge in [-0.25, -0.2) is 0 Å². The lowest BCUT2D eigenvalue weighted by molar-refractivity contribution is 0.516. The van der Waals surface area contributed by atoms with Crippen LogP contribution in [0.1, 0.15) is 20.8 Å². The van der Waals surface area contributed by atoms with E-state index in [2.05, 4.69) is 13.8 Å². The van der Waals surface area contributed by atoms with Crippen molar-refractivity contribution in [1.82, 2.24) is 5.73 Å². The van der Waals surface area contributed by atoms with Gasteiger partial charge in [-0.2, -0.15) is 0 Å². The van der Waals surface area contributed by atoms with Crippen LogP contribution in [-0.2, 0) is 0 Å². The molecule has 0 aromatic rings. The van der Waals surface area contributed by atoms with Crippen molar-refractivity contribution in [1.29, 1.82) is 0 Å². The molecule has 0 aliphatic carbocycles. The van der Waals surface area contributed by atoms with Gasteiger partial charge in [0.1, 0.15) is 0 Å². The van der Waals surface area contributed by atoms with Crippen molar-refractivity contribution in [2.24, 2.45) is 5.92 Å². The molecule has 0 spiro atoms. The minimum atomic E-state index is 0.102. The number of nitrogens with one attached hydrogen (secondary N) is 1. The molecule has 37 valence electrons. The van der Waals surface area contributed by atoms with Crippen molar-refractivity contribution in [2.75, 3.05) is 0 Å². The van der Waals surface area contributed by atoms with Crippen LogP contribution >= 0.6 is 0 Å². The van der Waals surface area contributed by atoms with Gasteiger partial charge in [-0.3, -0.25) is 5.73 Å². The monoisotopic (exact) mass is 86.1 g/mol. The molecule has 0 rings (SSSR count). The molecule has 1 N–H and O–H groups in total.